The van der Waals surface area contributed by atoms with Crippen LogP contribution in [-0.4, -0.2) is 24.3 Å². The van der Waals surface area contributed by atoms with Crippen LogP contribution >= 0.6 is 11.8 Å². The van der Waals surface area contributed by atoms with Gasteiger partial charge in [0.2, 0.25) is 0 Å². The highest BCUT2D eigenvalue weighted by Crippen LogP contribution is 2.29. The molecule has 0 aliphatic carbocycles. The number of imidazole rings is 1. The normalized spacial score (nSPS) is 11.2. The zero-order valence-electron chi connectivity index (χ0n) is 17.8. The van der Waals surface area contributed by atoms with E-state index >= 15 is 0 Å². The Labute approximate surface area is 191 Å². The molecule has 5 aromatic rings. The fourth-order valence-corrected chi connectivity index (χ4v) is 4.56. The first-order chi connectivity index (χ1) is 15.8. The lowest BCUT2D eigenvalue weighted by atomic mass is 10.1. The molecule has 3 heterocycles. The highest BCUT2D eigenvalue weighted by molar-refractivity contribution is 7.98. The summed E-state index contributed by atoms with van der Waals surface area (Å²) in [6.07, 6.45) is 5.57. The number of hydrogen-bond donors (Lipinski definition) is 0. The van der Waals surface area contributed by atoms with Crippen molar-refractivity contribution < 1.29 is 4.42 Å². The van der Waals surface area contributed by atoms with Gasteiger partial charge in [-0.3, -0.25) is 4.57 Å². The molecule has 0 aliphatic rings. The van der Waals surface area contributed by atoms with Crippen molar-refractivity contribution in [1.29, 1.82) is 0 Å². The van der Waals surface area contributed by atoms with Gasteiger partial charge in [0, 0.05) is 24.5 Å². The molecule has 0 atom stereocenters. The summed E-state index contributed by atoms with van der Waals surface area (Å²) >= 11 is 1.64. The molecule has 0 saturated carbocycles. The first-order valence-corrected chi connectivity index (χ1v) is 11.4. The average molecular weight is 442 g/mol. The Bertz CT molecular complexity index is 1290. The molecular formula is C25H23N5OS. The van der Waals surface area contributed by atoms with Crippen LogP contribution in [0.25, 0.3) is 11.4 Å². The number of hydrogen-bond acceptors (Lipinski definition) is 5. The Morgan fingerprint density at radius 3 is 2.56 bits per heavy atom. The molecule has 6 nitrogen and oxygen atoms in total. The van der Waals surface area contributed by atoms with Gasteiger partial charge in [-0.05, 0) is 30.2 Å². The first kappa shape index (κ1) is 20.3. The lowest BCUT2D eigenvalue weighted by Gasteiger charge is -2.11. The molecule has 0 unspecified atom stereocenters. The maximum Gasteiger partial charge on any atom is 0.192 e. The van der Waals surface area contributed by atoms with Gasteiger partial charge in [0.1, 0.15) is 11.6 Å². The zero-order valence-corrected chi connectivity index (χ0v) is 18.6. The third kappa shape index (κ3) is 4.38. The second-order valence-electron chi connectivity index (χ2n) is 7.53. The third-order valence-corrected chi connectivity index (χ3v) is 6.29. The van der Waals surface area contributed by atoms with Crippen LogP contribution in [0, 0.1) is 6.92 Å². The lowest BCUT2D eigenvalue weighted by molar-refractivity contribution is 0.485. The molecule has 2 aromatic carbocycles. The van der Waals surface area contributed by atoms with E-state index in [2.05, 4.69) is 67.6 Å². The predicted octanol–water partition coefficient (Wildman–Crippen LogP) is 5.43. The summed E-state index contributed by atoms with van der Waals surface area (Å²) in [6, 6.07) is 22.5. The molecule has 0 bridgehead atoms. The summed E-state index contributed by atoms with van der Waals surface area (Å²) < 4.78 is 9.92. The monoisotopic (exact) mass is 441 g/mol. The fourth-order valence-electron chi connectivity index (χ4n) is 3.65. The van der Waals surface area contributed by atoms with E-state index in [-0.39, 0.29) is 0 Å². The van der Waals surface area contributed by atoms with Gasteiger partial charge in [0.25, 0.3) is 0 Å². The summed E-state index contributed by atoms with van der Waals surface area (Å²) in [5, 5.41) is 9.91. The van der Waals surface area contributed by atoms with E-state index in [1.54, 1.807) is 18.0 Å². The summed E-state index contributed by atoms with van der Waals surface area (Å²) in [7, 11) is 0. The van der Waals surface area contributed by atoms with Gasteiger partial charge in [-0.25, -0.2) is 4.98 Å². The molecule has 0 amide bonds. The standard InChI is InChI=1S/C25H23N5OS/c1-19-8-5-6-12-22(19)24-27-28-25(30(24)17-21-11-7-15-31-21)32-18-23-26-13-14-29(23)16-20-9-3-2-4-10-20/h2-15H,16-18H2,1H3. The van der Waals surface area contributed by atoms with Crippen LogP contribution in [0.5, 0.6) is 0 Å². The second kappa shape index (κ2) is 9.28. The summed E-state index contributed by atoms with van der Waals surface area (Å²) in [6.45, 7) is 3.46. The maximum atomic E-state index is 5.62. The van der Waals surface area contributed by atoms with Crippen LogP contribution in [0.1, 0.15) is 22.7 Å². The van der Waals surface area contributed by atoms with E-state index in [4.69, 9.17) is 4.42 Å². The Morgan fingerprint density at radius 1 is 0.906 bits per heavy atom. The van der Waals surface area contributed by atoms with E-state index in [0.717, 1.165) is 40.2 Å². The van der Waals surface area contributed by atoms with E-state index in [9.17, 15) is 0 Å². The molecule has 3 aromatic heterocycles. The van der Waals surface area contributed by atoms with Crippen molar-refractivity contribution in [2.24, 2.45) is 0 Å². The van der Waals surface area contributed by atoms with Gasteiger partial charge in [-0.15, -0.1) is 10.2 Å². The third-order valence-electron chi connectivity index (χ3n) is 5.32. The smallest absolute Gasteiger partial charge is 0.192 e. The Balaban J connectivity index is 1.41. The van der Waals surface area contributed by atoms with Crippen molar-refractivity contribution in [3.63, 3.8) is 0 Å². The quantitative estimate of drug-likeness (QED) is 0.300. The molecule has 0 saturated heterocycles. The predicted molar refractivity (Wildman–Crippen MR) is 125 cm³/mol. The topological polar surface area (TPSA) is 61.7 Å². The molecule has 0 fully saturated rings. The van der Waals surface area contributed by atoms with Crippen LogP contribution in [-0.2, 0) is 18.8 Å². The molecule has 0 aliphatic heterocycles. The van der Waals surface area contributed by atoms with E-state index in [1.165, 1.54) is 5.56 Å². The molecule has 160 valence electrons. The molecule has 0 spiro atoms. The molecule has 0 radical (unpaired) electrons. The van der Waals surface area contributed by atoms with E-state index in [1.807, 2.05) is 42.7 Å². The Hall–Kier alpha value is -3.58. The highest BCUT2D eigenvalue weighted by Gasteiger charge is 2.18. The van der Waals surface area contributed by atoms with E-state index < -0.39 is 0 Å². The van der Waals surface area contributed by atoms with Crippen LogP contribution in [0.4, 0.5) is 0 Å². The van der Waals surface area contributed by atoms with Crippen molar-refractivity contribution in [1.82, 2.24) is 24.3 Å². The van der Waals surface area contributed by atoms with Gasteiger partial charge in [0.05, 0.1) is 18.6 Å². The largest absolute Gasteiger partial charge is 0.467 e. The number of aryl methyl sites for hydroxylation is 1. The molecule has 32 heavy (non-hydrogen) atoms. The number of aromatic nitrogens is 5. The van der Waals surface area contributed by atoms with Crippen LogP contribution in [0.3, 0.4) is 0 Å². The van der Waals surface area contributed by atoms with Crippen molar-refractivity contribution in [3.05, 3.63) is 108 Å². The fraction of sp³-hybridized carbons (Fsp3) is 0.160. The number of nitrogens with zero attached hydrogens (tertiary/aromatic N) is 5. The Morgan fingerprint density at radius 2 is 1.75 bits per heavy atom. The molecular weight excluding hydrogens is 418 g/mol. The number of rotatable bonds is 8. The lowest BCUT2D eigenvalue weighted by Crippen LogP contribution is -2.06. The minimum Gasteiger partial charge on any atom is -0.467 e. The zero-order chi connectivity index (χ0) is 21.8. The second-order valence-corrected chi connectivity index (χ2v) is 8.47. The van der Waals surface area contributed by atoms with E-state index in [0.29, 0.717) is 12.3 Å². The number of thioether (sulfide) groups is 1. The molecule has 0 N–H and O–H groups in total. The number of furan rings is 1. The van der Waals surface area contributed by atoms with Gasteiger partial charge in [-0.1, -0.05) is 66.4 Å². The van der Waals surface area contributed by atoms with Crippen molar-refractivity contribution >= 4 is 11.8 Å². The Kier molecular flexibility index (Phi) is 5.89. The van der Waals surface area contributed by atoms with Crippen molar-refractivity contribution in [3.8, 4) is 11.4 Å². The van der Waals surface area contributed by atoms with Crippen molar-refractivity contribution in [2.45, 2.75) is 30.9 Å². The molecule has 7 heteroatoms. The SMILES string of the molecule is Cc1ccccc1-c1nnc(SCc2nccn2Cc2ccccc2)n1Cc1ccco1. The van der Waals surface area contributed by atoms with Gasteiger partial charge < -0.3 is 8.98 Å². The minimum atomic E-state index is 0.574. The van der Waals surface area contributed by atoms with Gasteiger partial charge in [-0.2, -0.15) is 0 Å². The summed E-state index contributed by atoms with van der Waals surface area (Å²) in [5.41, 5.74) is 3.49. The van der Waals surface area contributed by atoms with Crippen LogP contribution < -0.4 is 0 Å². The van der Waals surface area contributed by atoms with Gasteiger partial charge >= 0.3 is 0 Å². The summed E-state index contributed by atoms with van der Waals surface area (Å²) in [5.74, 6) is 3.41. The maximum absolute atomic E-state index is 5.62. The van der Waals surface area contributed by atoms with Crippen LogP contribution in [0.2, 0.25) is 0 Å². The highest BCUT2D eigenvalue weighted by atomic mass is 32.2. The average Bonchev–Trinajstić information content (AvgIpc) is 3.56. The first-order valence-electron chi connectivity index (χ1n) is 10.5. The summed E-state index contributed by atoms with van der Waals surface area (Å²) in [4.78, 5) is 4.58. The molecule has 5 rings (SSSR count). The number of benzene rings is 2. The van der Waals surface area contributed by atoms with Crippen LogP contribution in [0.15, 0.2) is 95.0 Å². The van der Waals surface area contributed by atoms with Crippen molar-refractivity contribution in [2.75, 3.05) is 0 Å². The minimum absolute atomic E-state index is 0.574. The van der Waals surface area contributed by atoms with Gasteiger partial charge in [0.15, 0.2) is 11.0 Å².